The van der Waals surface area contributed by atoms with Crippen molar-refractivity contribution < 1.29 is 9.72 Å². The Hall–Kier alpha value is -2.67. The summed E-state index contributed by atoms with van der Waals surface area (Å²) in [5.74, 6) is -0.235. The third kappa shape index (κ3) is 5.92. The summed E-state index contributed by atoms with van der Waals surface area (Å²) in [6, 6.07) is 14.5. The van der Waals surface area contributed by atoms with Gasteiger partial charge in [0.1, 0.15) is 0 Å². The summed E-state index contributed by atoms with van der Waals surface area (Å²) in [5, 5.41) is 15.9. The van der Waals surface area contributed by atoms with Gasteiger partial charge >= 0.3 is 0 Å². The maximum Gasteiger partial charge on any atom is 0.283 e. The van der Waals surface area contributed by atoms with Crippen LogP contribution in [0.25, 0.3) is 0 Å². The number of benzene rings is 2. The summed E-state index contributed by atoms with van der Waals surface area (Å²) in [6.45, 7) is 0. The Labute approximate surface area is 168 Å². The van der Waals surface area contributed by atoms with Crippen molar-refractivity contribution in [1.82, 2.24) is 5.43 Å². The number of rotatable bonds is 7. The Morgan fingerprint density at radius 2 is 1.93 bits per heavy atom. The van der Waals surface area contributed by atoms with Gasteiger partial charge in [-0.3, -0.25) is 14.9 Å². The predicted molar refractivity (Wildman–Crippen MR) is 112 cm³/mol. The molecule has 0 atom stereocenters. The lowest BCUT2D eigenvalue weighted by atomic mass is 10.0. The SMILES string of the molecule is O=C(Cc1ccccc1)N/N=C\c1ccc(SC2CCCCC2)c([N+](=O)[O-])c1. The fourth-order valence-corrected chi connectivity index (χ4v) is 4.55. The lowest BCUT2D eigenvalue weighted by Crippen LogP contribution is -2.19. The van der Waals surface area contributed by atoms with Crippen molar-refractivity contribution in [1.29, 1.82) is 0 Å². The molecule has 0 bridgehead atoms. The molecule has 0 aromatic heterocycles. The standard InChI is InChI=1S/C21H23N3O3S/c25-21(14-16-7-3-1-4-8-16)23-22-15-17-11-12-20(19(13-17)24(26)27)28-18-9-5-2-6-10-18/h1,3-4,7-8,11-13,15,18H,2,5-6,9-10,14H2,(H,23,25)/b22-15-. The molecule has 3 rings (SSSR count). The maximum absolute atomic E-state index is 11.9. The van der Waals surface area contributed by atoms with Crippen LogP contribution >= 0.6 is 11.8 Å². The van der Waals surface area contributed by atoms with Gasteiger partial charge in [-0.15, -0.1) is 11.8 Å². The molecule has 0 unspecified atom stereocenters. The van der Waals surface area contributed by atoms with Crippen LogP contribution in [0.4, 0.5) is 5.69 Å². The first kappa shape index (κ1) is 20.1. The fraction of sp³-hybridized carbons (Fsp3) is 0.333. The predicted octanol–water partition coefficient (Wildman–Crippen LogP) is 4.71. The van der Waals surface area contributed by atoms with E-state index in [4.69, 9.17) is 0 Å². The van der Waals surface area contributed by atoms with Gasteiger partial charge in [0.2, 0.25) is 5.91 Å². The van der Waals surface area contributed by atoms with E-state index in [0.717, 1.165) is 18.4 Å². The molecular weight excluding hydrogens is 374 g/mol. The number of nitro groups is 1. The first-order valence-corrected chi connectivity index (χ1v) is 10.3. The van der Waals surface area contributed by atoms with Crippen molar-refractivity contribution >= 4 is 29.6 Å². The molecule has 0 radical (unpaired) electrons. The monoisotopic (exact) mass is 397 g/mol. The van der Waals surface area contributed by atoms with Crippen molar-refractivity contribution in [2.75, 3.05) is 0 Å². The average Bonchev–Trinajstić information content (AvgIpc) is 2.70. The van der Waals surface area contributed by atoms with E-state index in [0.29, 0.717) is 15.7 Å². The Balaban J connectivity index is 1.61. The second-order valence-electron chi connectivity index (χ2n) is 6.82. The smallest absolute Gasteiger partial charge is 0.273 e. The highest BCUT2D eigenvalue weighted by atomic mass is 32.2. The normalized spacial score (nSPS) is 14.9. The van der Waals surface area contributed by atoms with E-state index < -0.39 is 0 Å². The van der Waals surface area contributed by atoms with E-state index in [1.54, 1.807) is 23.9 Å². The molecule has 1 aliphatic carbocycles. The van der Waals surface area contributed by atoms with Gasteiger partial charge in [-0.25, -0.2) is 5.43 Å². The summed E-state index contributed by atoms with van der Waals surface area (Å²) in [5.41, 5.74) is 4.04. The van der Waals surface area contributed by atoms with Gasteiger partial charge in [-0.05, 0) is 24.5 Å². The summed E-state index contributed by atoms with van der Waals surface area (Å²) < 4.78 is 0. The minimum absolute atomic E-state index is 0.0927. The third-order valence-electron chi connectivity index (χ3n) is 4.64. The van der Waals surface area contributed by atoms with Crippen LogP contribution < -0.4 is 5.43 Å². The van der Waals surface area contributed by atoms with E-state index in [-0.39, 0.29) is 22.9 Å². The molecule has 7 heteroatoms. The van der Waals surface area contributed by atoms with Crippen LogP contribution in [0.2, 0.25) is 0 Å². The summed E-state index contributed by atoms with van der Waals surface area (Å²) >= 11 is 1.60. The van der Waals surface area contributed by atoms with E-state index in [9.17, 15) is 14.9 Å². The molecule has 0 spiro atoms. The molecule has 6 nitrogen and oxygen atoms in total. The van der Waals surface area contributed by atoms with Gasteiger partial charge in [0, 0.05) is 16.9 Å². The van der Waals surface area contributed by atoms with Gasteiger partial charge in [-0.1, -0.05) is 55.7 Å². The Morgan fingerprint density at radius 3 is 2.64 bits per heavy atom. The number of thioether (sulfide) groups is 1. The van der Waals surface area contributed by atoms with Gasteiger partial charge < -0.3 is 0 Å². The highest BCUT2D eigenvalue weighted by Crippen LogP contribution is 2.38. The van der Waals surface area contributed by atoms with E-state index >= 15 is 0 Å². The van der Waals surface area contributed by atoms with Crippen LogP contribution in [0.15, 0.2) is 58.5 Å². The zero-order chi connectivity index (χ0) is 19.8. The highest BCUT2D eigenvalue weighted by molar-refractivity contribution is 8.00. The zero-order valence-electron chi connectivity index (χ0n) is 15.5. The lowest BCUT2D eigenvalue weighted by molar-refractivity contribution is -0.387. The topological polar surface area (TPSA) is 84.6 Å². The average molecular weight is 398 g/mol. The quantitative estimate of drug-likeness (QED) is 0.416. The molecule has 1 fully saturated rings. The second kappa shape index (κ2) is 10.0. The highest BCUT2D eigenvalue weighted by Gasteiger charge is 2.21. The number of amides is 1. The Kier molecular flexibility index (Phi) is 7.19. The Bertz CT molecular complexity index is 849. The first-order chi connectivity index (χ1) is 13.6. The minimum Gasteiger partial charge on any atom is -0.273 e. The molecule has 0 saturated heterocycles. The molecule has 0 aliphatic heterocycles. The number of hydrogen-bond acceptors (Lipinski definition) is 5. The van der Waals surface area contributed by atoms with Crippen LogP contribution in [0.5, 0.6) is 0 Å². The minimum atomic E-state index is -0.351. The van der Waals surface area contributed by atoms with Gasteiger partial charge in [0.05, 0.1) is 22.5 Å². The second-order valence-corrected chi connectivity index (χ2v) is 8.16. The number of hydrogen-bond donors (Lipinski definition) is 1. The molecule has 1 amide bonds. The van der Waals surface area contributed by atoms with Crippen molar-refractivity contribution in [3.63, 3.8) is 0 Å². The van der Waals surface area contributed by atoms with Gasteiger partial charge in [0.25, 0.3) is 5.69 Å². The van der Waals surface area contributed by atoms with Crippen LogP contribution in [0.3, 0.4) is 0 Å². The summed E-state index contributed by atoms with van der Waals surface area (Å²) in [4.78, 5) is 23.7. The number of carbonyl (C=O) groups excluding carboxylic acids is 1. The summed E-state index contributed by atoms with van der Waals surface area (Å²) in [6.07, 6.45) is 7.53. The maximum atomic E-state index is 11.9. The van der Waals surface area contributed by atoms with Crippen molar-refractivity contribution in [3.8, 4) is 0 Å². The number of nitrogens with zero attached hydrogens (tertiary/aromatic N) is 2. The van der Waals surface area contributed by atoms with Crippen LogP contribution in [-0.2, 0) is 11.2 Å². The van der Waals surface area contributed by atoms with Gasteiger partial charge in [0.15, 0.2) is 0 Å². The van der Waals surface area contributed by atoms with Crippen LogP contribution in [-0.4, -0.2) is 22.3 Å². The molecule has 1 N–H and O–H groups in total. The van der Waals surface area contributed by atoms with Crippen molar-refractivity contribution in [3.05, 3.63) is 69.8 Å². The van der Waals surface area contributed by atoms with E-state index in [2.05, 4.69) is 10.5 Å². The van der Waals surface area contributed by atoms with Crippen molar-refractivity contribution in [2.24, 2.45) is 5.10 Å². The molecule has 1 aliphatic rings. The number of hydrazone groups is 1. The molecule has 0 heterocycles. The lowest BCUT2D eigenvalue weighted by Gasteiger charge is -2.20. The molecule has 1 saturated carbocycles. The van der Waals surface area contributed by atoms with E-state index in [1.807, 2.05) is 30.3 Å². The fourth-order valence-electron chi connectivity index (χ4n) is 3.22. The summed E-state index contributed by atoms with van der Waals surface area (Å²) in [7, 11) is 0. The molecule has 28 heavy (non-hydrogen) atoms. The number of carbonyl (C=O) groups is 1. The van der Waals surface area contributed by atoms with Crippen LogP contribution in [0.1, 0.15) is 43.2 Å². The molecule has 2 aromatic carbocycles. The largest absolute Gasteiger partial charge is 0.283 e. The van der Waals surface area contributed by atoms with E-state index in [1.165, 1.54) is 31.5 Å². The molecule has 2 aromatic rings. The van der Waals surface area contributed by atoms with Gasteiger partial charge in [-0.2, -0.15) is 5.10 Å². The number of nitrogens with one attached hydrogen (secondary N) is 1. The zero-order valence-corrected chi connectivity index (χ0v) is 16.4. The first-order valence-electron chi connectivity index (χ1n) is 9.43. The van der Waals surface area contributed by atoms with Crippen LogP contribution in [0, 0.1) is 10.1 Å². The third-order valence-corrected chi connectivity index (χ3v) is 6.04. The van der Waals surface area contributed by atoms with Crippen molar-refractivity contribution in [2.45, 2.75) is 48.7 Å². The molecule has 146 valence electrons. The Morgan fingerprint density at radius 1 is 1.18 bits per heavy atom. The molecular formula is C21H23N3O3S. The number of nitro benzene ring substituents is 1.